The molecule has 0 amide bonds. The minimum atomic E-state index is -0.644. The summed E-state index contributed by atoms with van der Waals surface area (Å²) in [6, 6.07) is 4.09. The predicted octanol–water partition coefficient (Wildman–Crippen LogP) is 1.49. The van der Waals surface area contributed by atoms with Gasteiger partial charge in [-0.3, -0.25) is 14.9 Å². The zero-order valence-corrected chi connectivity index (χ0v) is 8.10. The number of nitro benzene ring substituents is 1. The van der Waals surface area contributed by atoms with Crippen LogP contribution in [-0.4, -0.2) is 10.9 Å². The van der Waals surface area contributed by atoms with Gasteiger partial charge in [-0.15, -0.1) is 0 Å². The Morgan fingerprint density at radius 2 is 2.27 bits per heavy atom. The van der Waals surface area contributed by atoms with Gasteiger partial charge in [0.2, 0.25) is 5.75 Å². The second kappa shape index (κ2) is 4.41. The molecule has 2 N–H and O–H groups in total. The third-order valence-electron chi connectivity index (χ3n) is 1.73. The van der Waals surface area contributed by atoms with Gasteiger partial charge in [0.1, 0.15) is 0 Å². The summed E-state index contributed by atoms with van der Waals surface area (Å²) in [5, 5.41) is 10.6. The summed E-state index contributed by atoms with van der Waals surface area (Å²) < 4.78 is 4.78. The number of esters is 1. The fourth-order valence-electron chi connectivity index (χ4n) is 0.983. The van der Waals surface area contributed by atoms with Crippen molar-refractivity contribution in [2.75, 3.05) is 5.73 Å². The Labute approximate surface area is 85.8 Å². The van der Waals surface area contributed by atoms with Crippen LogP contribution in [0.1, 0.15) is 13.3 Å². The van der Waals surface area contributed by atoms with Gasteiger partial charge in [0.05, 0.1) is 10.6 Å². The summed E-state index contributed by atoms with van der Waals surface area (Å²) in [6.07, 6.45) is 0.130. The van der Waals surface area contributed by atoms with Crippen LogP contribution in [0, 0.1) is 10.1 Å². The lowest BCUT2D eigenvalue weighted by Gasteiger charge is -2.05. The molecule has 0 aliphatic carbocycles. The standard InChI is InChI=1S/C9H10N2O4/c1-2-8(12)15-9-6(10)4-3-5-7(9)11(13)14/h3-5H,2,10H2,1H3. The fourth-order valence-corrected chi connectivity index (χ4v) is 0.983. The Morgan fingerprint density at radius 1 is 1.60 bits per heavy atom. The number of nitrogen functional groups attached to an aromatic ring is 1. The van der Waals surface area contributed by atoms with E-state index >= 15 is 0 Å². The van der Waals surface area contributed by atoms with E-state index < -0.39 is 10.9 Å². The molecule has 0 saturated heterocycles. The van der Waals surface area contributed by atoms with E-state index in [4.69, 9.17) is 10.5 Å². The van der Waals surface area contributed by atoms with Crippen molar-refractivity contribution in [2.45, 2.75) is 13.3 Å². The molecular weight excluding hydrogens is 200 g/mol. The highest BCUT2D eigenvalue weighted by Crippen LogP contribution is 2.32. The molecule has 0 saturated carbocycles. The lowest BCUT2D eigenvalue weighted by atomic mass is 10.2. The molecule has 0 radical (unpaired) electrons. The number of ether oxygens (including phenoxy) is 1. The number of carbonyl (C=O) groups is 1. The van der Waals surface area contributed by atoms with Gasteiger partial charge >= 0.3 is 11.7 Å². The maximum absolute atomic E-state index is 11.0. The average molecular weight is 210 g/mol. The molecule has 1 aromatic rings. The first-order valence-electron chi connectivity index (χ1n) is 4.29. The number of nitro groups is 1. The van der Waals surface area contributed by atoms with Crippen LogP contribution in [0.5, 0.6) is 5.75 Å². The van der Waals surface area contributed by atoms with Crippen LogP contribution in [-0.2, 0) is 4.79 Å². The molecule has 1 rings (SSSR count). The maximum atomic E-state index is 11.0. The van der Waals surface area contributed by atoms with Crippen molar-refractivity contribution in [1.82, 2.24) is 0 Å². The van der Waals surface area contributed by atoms with E-state index in [-0.39, 0.29) is 23.5 Å². The molecular formula is C9H10N2O4. The Balaban J connectivity index is 3.13. The van der Waals surface area contributed by atoms with E-state index in [9.17, 15) is 14.9 Å². The Kier molecular flexibility index (Phi) is 3.22. The van der Waals surface area contributed by atoms with Crippen molar-refractivity contribution in [3.63, 3.8) is 0 Å². The predicted molar refractivity (Wildman–Crippen MR) is 53.4 cm³/mol. The zero-order chi connectivity index (χ0) is 11.4. The molecule has 0 atom stereocenters. The van der Waals surface area contributed by atoms with E-state index in [1.165, 1.54) is 18.2 Å². The minimum Gasteiger partial charge on any atom is -0.417 e. The van der Waals surface area contributed by atoms with Gasteiger partial charge in [-0.1, -0.05) is 13.0 Å². The average Bonchev–Trinajstić information content (AvgIpc) is 2.20. The molecule has 0 aromatic heterocycles. The largest absolute Gasteiger partial charge is 0.417 e. The second-order valence-electron chi connectivity index (χ2n) is 2.78. The van der Waals surface area contributed by atoms with Crippen LogP contribution >= 0.6 is 0 Å². The minimum absolute atomic E-state index is 0.0750. The van der Waals surface area contributed by atoms with Crippen LogP contribution in [0.4, 0.5) is 11.4 Å². The first-order valence-corrected chi connectivity index (χ1v) is 4.29. The van der Waals surface area contributed by atoms with Gasteiger partial charge < -0.3 is 10.5 Å². The summed E-state index contributed by atoms with van der Waals surface area (Å²) >= 11 is 0. The number of benzene rings is 1. The van der Waals surface area contributed by atoms with Gasteiger partial charge in [-0.05, 0) is 6.07 Å². The number of anilines is 1. The Bertz CT molecular complexity index is 403. The second-order valence-corrected chi connectivity index (χ2v) is 2.78. The number of carbonyl (C=O) groups excluding carboxylic acids is 1. The molecule has 0 bridgehead atoms. The van der Waals surface area contributed by atoms with Gasteiger partial charge in [0, 0.05) is 12.5 Å². The van der Waals surface area contributed by atoms with Crippen molar-refractivity contribution in [1.29, 1.82) is 0 Å². The third kappa shape index (κ3) is 2.43. The van der Waals surface area contributed by atoms with Crippen molar-refractivity contribution >= 4 is 17.3 Å². The van der Waals surface area contributed by atoms with Gasteiger partial charge in [-0.2, -0.15) is 0 Å². The Morgan fingerprint density at radius 3 is 2.80 bits per heavy atom. The lowest BCUT2D eigenvalue weighted by molar-refractivity contribution is -0.385. The molecule has 0 heterocycles. The van der Waals surface area contributed by atoms with Crippen LogP contribution in [0.25, 0.3) is 0 Å². The van der Waals surface area contributed by atoms with E-state index in [0.29, 0.717) is 0 Å². The number of rotatable bonds is 3. The topological polar surface area (TPSA) is 95.5 Å². The third-order valence-corrected chi connectivity index (χ3v) is 1.73. The van der Waals surface area contributed by atoms with E-state index in [0.717, 1.165) is 0 Å². The van der Waals surface area contributed by atoms with Crippen molar-refractivity contribution in [3.8, 4) is 5.75 Å². The SMILES string of the molecule is CCC(=O)Oc1c(N)cccc1[N+](=O)[O-]. The van der Waals surface area contributed by atoms with Gasteiger partial charge in [-0.25, -0.2) is 0 Å². The molecule has 0 spiro atoms. The van der Waals surface area contributed by atoms with Crippen LogP contribution in [0.3, 0.4) is 0 Å². The summed E-state index contributed by atoms with van der Waals surface area (Å²) in [4.78, 5) is 21.0. The molecule has 0 aliphatic heterocycles. The number of hydrogen-bond donors (Lipinski definition) is 1. The highest BCUT2D eigenvalue weighted by molar-refractivity contribution is 5.77. The molecule has 6 nitrogen and oxygen atoms in total. The van der Waals surface area contributed by atoms with Crippen molar-refractivity contribution in [2.24, 2.45) is 0 Å². The zero-order valence-electron chi connectivity index (χ0n) is 8.10. The van der Waals surface area contributed by atoms with E-state index in [2.05, 4.69) is 0 Å². The molecule has 6 heteroatoms. The van der Waals surface area contributed by atoms with Crippen molar-refractivity contribution < 1.29 is 14.5 Å². The lowest BCUT2D eigenvalue weighted by Crippen LogP contribution is -2.09. The smallest absolute Gasteiger partial charge is 0.313 e. The number of nitrogens with two attached hydrogens (primary N) is 1. The Hall–Kier alpha value is -2.11. The highest BCUT2D eigenvalue weighted by Gasteiger charge is 2.19. The van der Waals surface area contributed by atoms with Gasteiger partial charge in [0.15, 0.2) is 0 Å². The molecule has 0 aliphatic rings. The summed E-state index contributed by atoms with van der Waals surface area (Å²) in [7, 11) is 0. The van der Waals surface area contributed by atoms with Crippen LogP contribution < -0.4 is 10.5 Å². The monoisotopic (exact) mass is 210 g/mol. The molecule has 1 aromatic carbocycles. The quantitative estimate of drug-likeness (QED) is 0.268. The first-order chi connectivity index (χ1) is 7.06. The summed E-state index contributed by atoms with van der Waals surface area (Å²) in [5.74, 6) is -0.745. The van der Waals surface area contributed by atoms with E-state index in [1.54, 1.807) is 6.92 Å². The molecule has 80 valence electrons. The van der Waals surface area contributed by atoms with E-state index in [1.807, 2.05) is 0 Å². The summed E-state index contributed by atoms with van der Waals surface area (Å²) in [6.45, 7) is 1.59. The normalized spacial score (nSPS) is 9.67. The maximum Gasteiger partial charge on any atom is 0.313 e. The number of nitrogens with zero attached hydrogens (tertiary/aromatic N) is 1. The summed E-state index contributed by atoms with van der Waals surface area (Å²) in [5.41, 5.74) is 5.25. The number of hydrogen-bond acceptors (Lipinski definition) is 5. The first kappa shape index (κ1) is 11.0. The van der Waals surface area contributed by atoms with Crippen LogP contribution in [0.15, 0.2) is 18.2 Å². The van der Waals surface area contributed by atoms with Crippen LogP contribution in [0.2, 0.25) is 0 Å². The number of para-hydroxylation sites is 1. The molecule has 15 heavy (non-hydrogen) atoms. The molecule has 0 fully saturated rings. The fraction of sp³-hybridized carbons (Fsp3) is 0.222. The van der Waals surface area contributed by atoms with Crippen molar-refractivity contribution in [3.05, 3.63) is 28.3 Å². The highest BCUT2D eigenvalue weighted by atomic mass is 16.6. The molecule has 0 unspecified atom stereocenters. The van der Waals surface area contributed by atoms with Gasteiger partial charge in [0.25, 0.3) is 0 Å².